The number of carbonyl (C=O) groups is 1. The maximum atomic E-state index is 11.9. The first kappa shape index (κ1) is 14.4. The van der Waals surface area contributed by atoms with Crippen LogP contribution in [0.4, 0.5) is 5.82 Å². The number of aryl methyl sites for hydroxylation is 1. The van der Waals surface area contributed by atoms with Gasteiger partial charge in [0, 0.05) is 11.9 Å². The Labute approximate surface area is 121 Å². The minimum absolute atomic E-state index is 0.245. The van der Waals surface area contributed by atoms with Crippen LogP contribution in [-0.4, -0.2) is 27.4 Å². The molecule has 0 saturated heterocycles. The molecule has 1 amide bonds. The Morgan fingerprint density at radius 2 is 2.20 bits per heavy atom. The molecule has 2 aromatic heterocycles. The van der Waals surface area contributed by atoms with E-state index in [0.717, 1.165) is 23.7 Å². The van der Waals surface area contributed by atoms with Crippen LogP contribution >= 0.6 is 11.3 Å². The molecular formula is C13H17N5OS. The number of nitrogens with one attached hydrogen (secondary N) is 2. The summed E-state index contributed by atoms with van der Waals surface area (Å²) in [6, 6.07) is 0. The van der Waals surface area contributed by atoms with Crippen LogP contribution in [0.1, 0.15) is 34.5 Å². The summed E-state index contributed by atoms with van der Waals surface area (Å²) in [6.07, 6.45) is 4.05. The highest BCUT2D eigenvalue weighted by Crippen LogP contribution is 2.07. The first-order valence-electron chi connectivity index (χ1n) is 6.44. The third-order valence-corrected chi connectivity index (χ3v) is 3.36. The third kappa shape index (κ3) is 3.99. The molecule has 0 spiro atoms. The van der Waals surface area contributed by atoms with Gasteiger partial charge in [-0.1, -0.05) is 6.92 Å². The van der Waals surface area contributed by atoms with Crippen molar-refractivity contribution in [2.24, 2.45) is 0 Å². The Balaban J connectivity index is 1.88. The second-order valence-corrected chi connectivity index (χ2v) is 5.32. The summed E-state index contributed by atoms with van der Waals surface area (Å²) in [4.78, 5) is 24.4. The van der Waals surface area contributed by atoms with E-state index in [9.17, 15) is 4.79 Å². The van der Waals surface area contributed by atoms with Crippen molar-refractivity contribution in [1.82, 2.24) is 20.3 Å². The molecule has 0 radical (unpaired) electrons. The highest BCUT2D eigenvalue weighted by atomic mass is 32.1. The number of aromatic nitrogens is 3. The molecular weight excluding hydrogens is 274 g/mol. The number of nitrogens with zero attached hydrogens (tertiary/aromatic N) is 3. The highest BCUT2D eigenvalue weighted by molar-refractivity contribution is 7.09. The predicted octanol–water partition coefficient (Wildman–Crippen LogP) is 1.99. The zero-order valence-electron chi connectivity index (χ0n) is 11.5. The van der Waals surface area contributed by atoms with Gasteiger partial charge in [-0.2, -0.15) is 0 Å². The molecule has 0 unspecified atom stereocenters. The van der Waals surface area contributed by atoms with Crippen molar-refractivity contribution in [1.29, 1.82) is 0 Å². The van der Waals surface area contributed by atoms with Gasteiger partial charge in [0.2, 0.25) is 0 Å². The molecule has 2 N–H and O–H groups in total. The van der Waals surface area contributed by atoms with Crippen LogP contribution in [0.5, 0.6) is 0 Å². The average Bonchev–Trinajstić information content (AvgIpc) is 2.89. The maximum Gasteiger partial charge on any atom is 0.271 e. The van der Waals surface area contributed by atoms with Gasteiger partial charge in [-0.25, -0.2) is 15.0 Å². The van der Waals surface area contributed by atoms with Crippen LogP contribution in [0.2, 0.25) is 0 Å². The lowest BCUT2D eigenvalue weighted by Gasteiger charge is -2.05. The molecule has 0 atom stereocenters. The summed E-state index contributed by atoms with van der Waals surface area (Å²) in [7, 11) is 0. The van der Waals surface area contributed by atoms with E-state index in [4.69, 9.17) is 0 Å². The van der Waals surface area contributed by atoms with Crippen LogP contribution < -0.4 is 10.6 Å². The molecule has 2 aromatic rings. The van der Waals surface area contributed by atoms with E-state index < -0.39 is 0 Å². The van der Waals surface area contributed by atoms with Crippen LogP contribution in [0.15, 0.2) is 17.8 Å². The van der Waals surface area contributed by atoms with Crippen molar-refractivity contribution in [2.45, 2.75) is 26.8 Å². The Kier molecular flexibility index (Phi) is 5.00. The fraction of sp³-hybridized carbons (Fsp3) is 0.385. The second-order valence-electron chi connectivity index (χ2n) is 4.25. The number of hydrogen-bond donors (Lipinski definition) is 2. The SMILES string of the molecule is CCCNc1cnc(C(=O)NCc2csc(C)n2)cn1. The van der Waals surface area contributed by atoms with E-state index in [0.29, 0.717) is 18.1 Å². The molecule has 106 valence electrons. The van der Waals surface area contributed by atoms with E-state index >= 15 is 0 Å². The number of carbonyl (C=O) groups excluding carboxylic acids is 1. The van der Waals surface area contributed by atoms with Crippen molar-refractivity contribution in [3.63, 3.8) is 0 Å². The summed E-state index contributed by atoms with van der Waals surface area (Å²) in [6.45, 7) is 5.25. The Hall–Kier alpha value is -2.02. The van der Waals surface area contributed by atoms with Gasteiger partial charge in [0.25, 0.3) is 5.91 Å². The van der Waals surface area contributed by atoms with Gasteiger partial charge >= 0.3 is 0 Å². The van der Waals surface area contributed by atoms with Crippen molar-refractivity contribution in [2.75, 3.05) is 11.9 Å². The van der Waals surface area contributed by atoms with E-state index in [1.807, 2.05) is 12.3 Å². The van der Waals surface area contributed by atoms with E-state index in [-0.39, 0.29) is 5.91 Å². The lowest BCUT2D eigenvalue weighted by molar-refractivity contribution is 0.0945. The minimum Gasteiger partial charge on any atom is -0.369 e. The molecule has 0 aliphatic heterocycles. The first-order valence-corrected chi connectivity index (χ1v) is 7.32. The molecule has 20 heavy (non-hydrogen) atoms. The fourth-order valence-corrected chi connectivity index (χ4v) is 2.15. The zero-order valence-corrected chi connectivity index (χ0v) is 12.3. The fourth-order valence-electron chi connectivity index (χ4n) is 1.54. The van der Waals surface area contributed by atoms with E-state index in [1.54, 1.807) is 17.5 Å². The normalized spacial score (nSPS) is 10.3. The summed E-state index contributed by atoms with van der Waals surface area (Å²) in [5.41, 5.74) is 1.16. The lowest BCUT2D eigenvalue weighted by Crippen LogP contribution is -2.24. The van der Waals surface area contributed by atoms with Gasteiger partial charge in [0.05, 0.1) is 29.6 Å². The van der Waals surface area contributed by atoms with Gasteiger partial charge in [-0.3, -0.25) is 4.79 Å². The van der Waals surface area contributed by atoms with Crippen LogP contribution in [0.3, 0.4) is 0 Å². The highest BCUT2D eigenvalue weighted by Gasteiger charge is 2.08. The molecule has 0 aliphatic carbocycles. The average molecular weight is 291 g/mol. The Morgan fingerprint density at radius 3 is 2.80 bits per heavy atom. The van der Waals surface area contributed by atoms with Crippen LogP contribution in [0.25, 0.3) is 0 Å². The Morgan fingerprint density at radius 1 is 1.35 bits per heavy atom. The van der Waals surface area contributed by atoms with Crippen LogP contribution in [0, 0.1) is 6.92 Å². The van der Waals surface area contributed by atoms with Crippen molar-refractivity contribution in [3.05, 3.63) is 34.2 Å². The number of amides is 1. The van der Waals surface area contributed by atoms with Gasteiger partial charge in [-0.15, -0.1) is 11.3 Å². The molecule has 6 nitrogen and oxygen atoms in total. The number of hydrogen-bond acceptors (Lipinski definition) is 6. The monoisotopic (exact) mass is 291 g/mol. The van der Waals surface area contributed by atoms with Crippen molar-refractivity contribution < 1.29 is 4.79 Å². The quantitative estimate of drug-likeness (QED) is 0.851. The molecule has 0 bridgehead atoms. The molecule has 2 rings (SSSR count). The first-order chi connectivity index (χ1) is 9.69. The minimum atomic E-state index is -0.245. The summed E-state index contributed by atoms with van der Waals surface area (Å²) in [5, 5.41) is 8.80. The lowest BCUT2D eigenvalue weighted by atomic mass is 10.4. The number of anilines is 1. The topological polar surface area (TPSA) is 79.8 Å². The largest absolute Gasteiger partial charge is 0.369 e. The number of thiazole rings is 1. The molecule has 0 aliphatic rings. The van der Waals surface area contributed by atoms with Gasteiger partial charge in [-0.05, 0) is 13.3 Å². The molecule has 7 heteroatoms. The van der Waals surface area contributed by atoms with Crippen molar-refractivity contribution in [3.8, 4) is 0 Å². The molecule has 0 fully saturated rings. The third-order valence-electron chi connectivity index (χ3n) is 2.54. The molecule has 0 saturated carbocycles. The van der Waals surface area contributed by atoms with E-state index in [2.05, 4.69) is 32.5 Å². The summed E-state index contributed by atoms with van der Waals surface area (Å²) in [5.74, 6) is 0.434. The zero-order chi connectivity index (χ0) is 14.4. The standard InChI is InChI=1S/C13H17N5OS/c1-3-4-14-12-7-15-11(6-16-12)13(19)17-5-10-8-20-9(2)18-10/h6-8H,3-5H2,1-2H3,(H,14,16)(H,17,19). The van der Waals surface area contributed by atoms with Gasteiger partial charge < -0.3 is 10.6 Å². The van der Waals surface area contributed by atoms with Crippen molar-refractivity contribution >= 4 is 23.1 Å². The number of rotatable bonds is 6. The smallest absolute Gasteiger partial charge is 0.271 e. The van der Waals surface area contributed by atoms with E-state index in [1.165, 1.54) is 6.20 Å². The summed E-state index contributed by atoms with van der Waals surface area (Å²) >= 11 is 1.56. The van der Waals surface area contributed by atoms with Crippen LogP contribution in [-0.2, 0) is 6.54 Å². The molecule has 0 aromatic carbocycles. The molecule has 2 heterocycles. The predicted molar refractivity (Wildman–Crippen MR) is 78.8 cm³/mol. The summed E-state index contributed by atoms with van der Waals surface area (Å²) < 4.78 is 0. The Bertz CT molecular complexity index is 566. The van der Waals surface area contributed by atoms with Gasteiger partial charge in [0.1, 0.15) is 11.5 Å². The van der Waals surface area contributed by atoms with Gasteiger partial charge in [0.15, 0.2) is 0 Å². The second kappa shape index (κ2) is 6.95. The maximum absolute atomic E-state index is 11.9.